The Hall–Kier alpha value is -3.21. The van der Waals surface area contributed by atoms with Gasteiger partial charge in [-0.15, -0.1) is 0 Å². The molecular formula is C23H27BrN4O6. The lowest BCUT2D eigenvalue weighted by atomic mass is 9.99. The lowest BCUT2D eigenvalue weighted by Crippen LogP contribution is -2.52. The number of halogens is 1. The van der Waals surface area contributed by atoms with E-state index >= 15 is 0 Å². The van der Waals surface area contributed by atoms with Gasteiger partial charge >= 0.3 is 0 Å². The van der Waals surface area contributed by atoms with Crippen molar-refractivity contribution in [3.8, 4) is 0 Å². The smallest absolute Gasteiger partial charge is 0.287 e. The summed E-state index contributed by atoms with van der Waals surface area (Å²) in [5.41, 5.74) is 0.523. The molecule has 2 aromatic rings. The number of hydrogen-bond donors (Lipinski definition) is 4. The first kappa shape index (κ1) is 25.4. The van der Waals surface area contributed by atoms with E-state index in [-0.39, 0.29) is 36.5 Å². The predicted octanol–water partition coefficient (Wildman–Crippen LogP) is 1.28. The molecule has 1 aliphatic heterocycles. The quantitative estimate of drug-likeness (QED) is 0.337. The van der Waals surface area contributed by atoms with Crippen LogP contribution in [0.15, 0.2) is 33.2 Å². The van der Waals surface area contributed by atoms with Gasteiger partial charge in [0.15, 0.2) is 5.76 Å². The molecule has 4 N–H and O–H groups in total. The molecular weight excluding hydrogens is 508 g/mol. The minimum atomic E-state index is -0.916. The van der Waals surface area contributed by atoms with Crippen molar-refractivity contribution >= 4 is 56.8 Å². The minimum Gasteiger partial charge on any atom is -0.450 e. The van der Waals surface area contributed by atoms with E-state index in [0.29, 0.717) is 29.3 Å². The fourth-order valence-electron chi connectivity index (χ4n) is 3.75. The summed E-state index contributed by atoms with van der Waals surface area (Å²) in [5.74, 6) is -2.36. The molecule has 1 fully saturated rings. The minimum absolute atomic E-state index is 0.0582. The van der Waals surface area contributed by atoms with E-state index in [9.17, 15) is 24.0 Å². The zero-order valence-corrected chi connectivity index (χ0v) is 20.4. The van der Waals surface area contributed by atoms with Gasteiger partial charge in [0.2, 0.25) is 17.7 Å². The van der Waals surface area contributed by atoms with E-state index in [1.165, 1.54) is 0 Å². The fraction of sp³-hybridized carbons (Fsp3) is 0.435. The van der Waals surface area contributed by atoms with Crippen LogP contribution in [0.4, 0.5) is 0 Å². The van der Waals surface area contributed by atoms with E-state index in [4.69, 9.17) is 4.42 Å². The number of aldehydes is 1. The number of carbonyl (C=O) groups excluding carboxylic acids is 5. The van der Waals surface area contributed by atoms with Crippen molar-refractivity contribution in [1.82, 2.24) is 21.3 Å². The maximum atomic E-state index is 12.7. The van der Waals surface area contributed by atoms with E-state index in [0.717, 1.165) is 5.39 Å². The molecule has 11 heteroatoms. The van der Waals surface area contributed by atoms with Crippen LogP contribution in [-0.4, -0.2) is 55.1 Å². The third-order valence-corrected chi connectivity index (χ3v) is 6.22. The highest BCUT2D eigenvalue weighted by Crippen LogP contribution is 2.27. The number of rotatable bonds is 10. The van der Waals surface area contributed by atoms with Crippen molar-refractivity contribution in [1.29, 1.82) is 0 Å². The number of hydrogen-bond acceptors (Lipinski definition) is 6. The van der Waals surface area contributed by atoms with Crippen LogP contribution in [0.25, 0.3) is 11.0 Å². The van der Waals surface area contributed by atoms with Crippen molar-refractivity contribution in [2.24, 2.45) is 11.8 Å². The first-order valence-electron chi connectivity index (χ1n) is 11.0. The summed E-state index contributed by atoms with van der Waals surface area (Å²) in [7, 11) is 0. The van der Waals surface area contributed by atoms with Gasteiger partial charge in [0, 0.05) is 17.8 Å². The highest BCUT2D eigenvalue weighted by atomic mass is 79.9. The van der Waals surface area contributed by atoms with Crippen LogP contribution >= 0.6 is 15.9 Å². The fourth-order valence-corrected chi connectivity index (χ4v) is 4.21. The Labute approximate surface area is 204 Å². The van der Waals surface area contributed by atoms with Gasteiger partial charge in [-0.1, -0.05) is 26.0 Å². The molecule has 3 atom stereocenters. The molecule has 0 bridgehead atoms. The molecule has 0 spiro atoms. The second kappa shape index (κ2) is 11.3. The molecule has 1 saturated heterocycles. The average Bonchev–Trinajstić information content (AvgIpc) is 3.42. The molecule has 3 rings (SSSR count). The second-order valence-electron chi connectivity index (χ2n) is 8.50. The van der Waals surface area contributed by atoms with Crippen molar-refractivity contribution in [3.05, 3.63) is 34.5 Å². The van der Waals surface area contributed by atoms with Gasteiger partial charge in [0.25, 0.3) is 5.91 Å². The van der Waals surface area contributed by atoms with E-state index in [1.807, 2.05) is 6.07 Å². The van der Waals surface area contributed by atoms with E-state index in [2.05, 4.69) is 37.2 Å². The summed E-state index contributed by atoms with van der Waals surface area (Å²) in [6.45, 7) is 3.69. The zero-order chi connectivity index (χ0) is 24.8. The van der Waals surface area contributed by atoms with Crippen LogP contribution in [0.1, 0.15) is 37.2 Å². The number of amides is 4. The Balaban J connectivity index is 1.54. The van der Waals surface area contributed by atoms with Crippen LogP contribution in [-0.2, 0) is 19.2 Å². The number of benzene rings is 1. The van der Waals surface area contributed by atoms with Gasteiger partial charge in [-0.3, -0.25) is 19.2 Å². The molecule has 0 radical (unpaired) electrons. The van der Waals surface area contributed by atoms with Gasteiger partial charge in [0.1, 0.15) is 17.9 Å². The Bertz CT molecular complexity index is 1100. The molecule has 34 heavy (non-hydrogen) atoms. The predicted molar refractivity (Wildman–Crippen MR) is 127 cm³/mol. The molecule has 1 aromatic carbocycles. The van der Waals surface area contributed by atoms with Gasteiger partial charge < -0.3 is 30.5 Å². The standard InChI is InChI=1S/C23H27BrN4O6/c1-12(2)19(28-22(32)17-9-13-4-3-5-16(24)20(13)34-17)23(33)26-10-18(30)27-15(11-29)8-14-6-7-25-21(14)31/h3-5,9,11-12,14-15,19H,6-8,10H2,1-2H3,(H,25,31)(H,26,33)(H,27,30)(H,28,32)/t14-,15-,19-/m0/s1. The molecule has 0 unspecified atom stereocenters. The molecule has 0 aliphatic carbocycles. The highest BCUT2D eigenvalue weighted by molar-refractivity contribution is 9.10. The monoisotopic (exact) mass is 534 g/mol. The molecule has 10 nitrogen and oxygen atoms in total. The topological polar surface area (TPSA) is 147 Å². The lowest BCUT2D eigenvalue weighted by molar-refractivity contribution is -0.128. The van der Waals surface area contributed by atoms with Crippen molar-refractivity contribution < 1.29 is 28.4 Å². The molecule has 4 amide bonds. The number of fused-ring (bicyclic) bond motifs is 1. The third-order valence-electron chi connectivity index (χ3n) is 5.59. The SMILES string of the molecule is CC(C)[C@H](NC(=O)c1cc2cccc(Br)c2o1)C(=O)NCC(=O)N[C@H](C=O)C[C@@H]1CCNC1=O. The molecule has 0 saturated carbocycles. The van der Waals surface area contributed by atoms with Crippen LogP contribution in [0.3, 0.4) is 0 Å². The summed E-state index contributed by atoms with van der Waals surface area (Å²) >= 11 is 3.37. The molecule has 1 aliphatic rings. The van der Waals surface area contributed by atoms with Crippen LogP contribution in [0.5, 0.6) is 0 Å². The second-order valence-corrected chi connectivity index (χ2v) is 9.36. The average molecular weight is 535 g/mol. The Morgan fingerprint density at radius 3 is 2.65 bits per heavy atom. The van der Waals surface area contributed by atoms with E-state index in [1.54, 1.807) is 32.0 Å². The van der Waals surface area contributed by atoms with Crippen LogP contribution in [0, 0.1) is 11.8 Å². The van der Waals surface area contributed by atoms with Gasteiger partial charge in [-0.2, -0.15) is 0 Å². The number of furan rings is 1. The summed E-state index contributed by atoms with van der Waals surface area (Å²) in [4.78, 5) is 60.7. The molecule has 1 aromatic heterocycles. The third kappa shape index (κ3) is 6.22. The molecule has 182 valence electrons. The Kier molecular flexibility index (Phi) is 8.43. The summed E-state index contributed by atoms with van der Waals surface area (Å²) in [6, 6.07) is 5.25. The first-order chi connectivity index (χ1) is 16.2. The number of carbonyl (C=O) groups is 5. The van der Waals surface area contributed by atoms with Gasteiger partial charge in [-0.05, 0) is 46.8 Å². The normalized spacial score (nSPS) is 17.2. The zero-order valence-electron chi connectivity index (χ0n) is 18.9. The molecule has 2 heterocycles. The Morgan fingerprint density at radius 1 is 1.26 bits per heavy atom. The largest absolute Gasteiger partial charge is 0.450 e. The first-order valence-corrected chi connectivity index (χ1v) is 11.8. The van der Waals surface area contributed by atoms with Crippen LogP contribution < -0.4 is 21.3 Å². The maximum Gasteiger partial charge on any atom is 0.287 e. The summed E-state index contributed by atoms with van der Waals surface area (Å²) < 4.78 is 6.33. The number of nitrogens with one attached hydrogen (secondary N) is 4. The van der Waals surface area contributed by atoms with Gasteiger partial charge in [0.05, 0.1) is 17.1 Å². The van der Waals surface area contributed by atoms with Crippen LogP contribution in [0.2, 0.25) is 0 Å². The summed E-state index contributed by atoms with van der Waals surface area (Å²) in [6.07, 6.45) is 1.38. The van der Waals surface area contributed by atoms with Crippen molar-refractivity contribution in [3.63, 3.8) is 0 Å². The number of para-hydroxylation sites is 1. The Morgan fingerprint density at radius 2 is 2.03 bits per heavy atom. The van der Waals surface area contributed by atoms with E-state index < -0.39 is 29.8 Å². The highest BCUT2D eigenvalue weighted by Gasteiger charge is 2.29. The maximum absolute atomic E-state index is 12.7. The van der Waals surface area contributed by atoms with Crippen molar-refractivity contribution in [2.45, 2.75) is 38.8 Å². The van der Waals surface area contributed by atoms with Crippen molar-refractivity contribution in [2.75, 3.05) is 13.1 Å². The summed E-state index contributed by atoms with van der Waals surface area (Å²) in [5, 5.41) is 11.1. The lowest BCUT2D eigenvalue weighted by Gasteiger charge is -2.21. The van der Waals surface area contributed by atoms with Gasteiger partial charge in [-0.25, -0.2) is 0 Å².